The van der Waals surface area contributed by atoms with Crippen LogP contribution in [0.15, 0.2) is 121 Å². The molecule has 2 aromatic heterocycles. The predicted molar refractivity (Wildman–Crippen MR) is 251 cm³/mol. The molecule has 8 rings (SSSR count). The minimum atomic E-state index is -0.519. The Morgan fingerprint density at radius 1 is 0.492 bits per heavy atom. The number of hydrogen-bond acceptors (Lipinski definition) is 10. The van der Waals surface area contributed by atoms with Crippen LogP contribution in [-0.2, 0) is 0 Å². The molecule has 2 heterocycles. The molecule has 0 unspecified atom stereocenters. The number of nitrogens with two attached hydrogens (primary N) is 2. The van der Waals surface area contributed by atoms with Gasteiger partial charge in [-0.1, -0.05) is 42.1 Å². The second kappa shape index (κ2) is 19.5. The zero-order chi connectivity index (χ0) is 44.1. The van der Waals surface area contributed by atoms with Gasteiger partial charge in [0.2, 0.25) is 5.91 Å². The molecule has 63 heavy (non-hydrogen) atoms. The lowest BCUT2D eigenvalue weighted by Crippen LogP contribution is -2.12. The van der Waals surface area contributed by atoms with Crippen LogP contribution < -0.4 is 30.4 Å². The van der Waals surface area contributed by atoms with Crippen LogP contribution in [0, 0.1) is 0 Å². The molecule has 13 nitrogen and oxygen atoms in total. The van der Waals surface area contributed by atoms with E-state index >= 15 is 0 Å². The first-order valence-corrected chi connectivity index (χ1v) is 20.6. The zero-order valence-electron chi connectivity index (χ0n) is 36.2. The highest BCUT2D eigenvalue weighted by Gasteiger charge is 2.17. The molecule has 0 bridgehead atoms. The molecule has 326 valence electrons. The molecule has 0 radical (unpaired) electrons. The summed E-state index contributed by atoms with van der Waals surface area (Å²) in [5, 5.41) is 17.2. The number of primary amides is 1. The maximum atomic E-state index is 12.2. The molecule has 0 aliphatic heterocycles. The Bertz CT molecular complexity index is 2780. The first-order valence-electron chi connectivity index (χ1n) is 20.6. The summed E-state index contributed by atoms with van der Waals surface area (Å²) in [4.78, 5) is 12.2. The van der Waals surface area contributed by atoms with E-state index in [0.29, 0.717) is 22.3 Å². The van der Waals surface area contributed by atoms with Crippen LogP contribution in [-0.4, -0.2) is 60.3 Å². The van der Waals surface area contributed by atoms with Crippen molar-refractivity contribution in [1.29, 1.82) is 0 Å². The van der Waals surface area contributed by atoms with E-state index in [2.05, 4.69) is 20.6 Å². The summed E-state index contributed by atoms with van der Waals surface area (Å²) in [5.41, 5.74) is 21.3. The highest BCUT2D eigenvalue weighted by Crippen LogP contribution is 2.33. The smallest absolute Gasteiger partial charge is 0.249 e. The van der Waals surface area contributed by atoms with E-state index in [9.17, 15) is 4.79 Å². The Morgan fingerprint density at radius 2 is 0.825 bits per heavy atom. The van der Waals surface area contributed by atoms with E-state index < -0.39 is 5.91 Å². The van der Waals surface area contributed by atoms with E-state index in [1.54, 1.807) is 10.7 Å². The molecule has 0 aliphatic carbocycles. The third-order valence-corrected chi connectivity index (χ3v) is 9.45. The van der Waals surface area contributed by atoms with Crippen LogP contribution in [0.3, 0.4) is 0 Å². The van der Waals surface area contributed by atoms with Gasteiger partial charge in [-0.3, -0.25) is 4.79 Å². The van der Waals surface area contributed by atoms with Crippen molar-refractivity contribution < 1.29 is 23.7 Å². The maximum absolute atomic E-state index is 12.2. The van der Waals surface area contributed by atoms with Gasteiger partial charge in [-0.15, -0.1) is 10.2 Å². The molecular formula is C50H56N8O5. The van der Waals surface area contributed by atoms with Crippen molar-refractivity contribution in [3.63, 3.8) is 0 Å². The van der Waals surface area contributed by atoms with Crippen molar-refractivity contribution in [3.8, 4) is 56.6 Å². The van der Waals surface area contributed by atoms with Crippen LogP contribution in [0.2, 0.25) is 0 Å². The van der Waals surface area contributed by atoms with Crippen LogP contribution >= 0.6 is 0 Å². The lowest BCUT2D eigenvalue weighted by molar-refractivity contribution is 0.100. The third-order valence-electron chi connectivity index (χ3n) is 9.45. The van der Waals surface area contributed by atoms with E-state index in [1.807, 2.05) is 175 Å². The fourth-order valence-electron chi connectivity index (χ4n) is 6.87. The summed E-state index contributed by atoms with van der Waals surface area (Å²) in [6, 6.07) is 38.5. The average Bonchev–Trinajstić information content (AvgIpc) is 3.84. The van der Waals surface area contributed by atoms with Crippen LogP contribution in [0.5, 0.6) is 23.0 Å². The molecule has 0 spiro atoms. The minimum absolute atomic E-state index is 0. The normalized spacial score (nSPS) is 11.2. The van der Waals surface area contributed by atoms with Gasteiger partial charge in [-0.05, 0) is 169 Å². The summed E-state index contributed by atoms with van der Waals surface area (Å²) in [6.45, 7) is 15.9. The molecule has 6 aromatic carbocycles. The molecule has 0 atom stereocenters. The highest BCUT2D eigenvalue weighted by atomic mass is 16.5. The number of ether oxygens (including phenoxy) is 4. The molecule has 4 N–H and O–H groups in total. The van der Waals surface area contributed by atoms with Crippen molar-refractivity contribution >= 4 is 33.7 Å². The summed E-state index contributed by atoms with van der Waals surface area (Å²) in [7, 11) is 0. The van der Waals surface area contributed by atoms with E-state index in [4.69, 9.17) is 30.4 Å². The summed E-state index contributed by atoms with van der Waals surface area (Å²) >= 11 is 0. The topological polar surface area (TPSA) is 167 Å². The first kappa shape index (κ1) is 45.1. The second-order valence-corrected chi connectivity index (χ2v) is 15.9. The maximum Gasteiger partial charge on any atom is 0.249 e. The molecule has 8 aromatic rings. The number of carbonyl (C=O) groups is 1. The highest BCUT2D eigenvalue weighted by molar-refractivity contribution is 6.04. The number of fused-ring (bicyclic) bond motifs is 2. The summed E-state index contributed by atoms with van der Waals surface area (Å²) in [5.74, 6) is 2.69. The van der Waals surface area contributed by atoms with Crippen molar-refractivity contribution in [2.45, 2.75) is 87.2 Å². The third kappa shape index (κ3) is 10.7. The number of aromatic nitrogens is 6. The average molecular weight is 849 g/mol. The largest absolute Gasteiger partial charge is 0.491 e. The quantitative estimate of drug-likeness (QED) is 0.107. The van der Waals surface area contributed by atoms with Gasteiger partial charge in [0, 0.05) is 16.8 Å². The fourth-order valence-corrected chi connectivity index (χ4v) is 6.87. The second-order valence-electron chi connectivity index (χ2n) is 15.9. The van der Waals surface area contributed by atoms with Crippen LogP contribution in [0.1, 0.15) is 73.2 Å². The van der Waals surface area contributed by atoms with Gasteiger partial charge < -0.3 is 30.4 Å². The van der Waals surface area contributed by atoms with Crippen LogP contribution in [0.4, 0.5) is 5.69 Å². The van der Waals surface area contributed by atoms with Gasteiger partial charge >= 0.3 is 0 Å². The molecule has 1 amide bonds. The SMILES string of the molecule is C.CC(C)Oc1ccc(-c2cc3c(cc2C(N)=O)nnn3-c2ccc(OC(C)C)cc2)cc1.CC(C)Oc1ccc(-c2cc3c(cc2N)nnn3-c2ccc(OC(C)C)cc2)cc1. The Morgan fingerprint density at radius 3 is 1.19 bits per heavy atom. The molecule has 0 aliphatic rings. The molecule has 0 saturated heterocycles. The fraction of sp³-hybridized carbons (Fsp3) is 0.260. The molecular weight excluding hydrogens is 793 g/mol. The number of benzene rings is 6. The van der Waals surface area contributed by atoms with Crippen molar-refractivity contribution in [2.75, 3.05) is 5.73 Å². The van der Waals surface area contributed by atoms with Gasteiger partial charge in [0.1, 0.15) is 34.0 Å². The van der Waals surface area contributed by atoms with Crippen molar-refractivity contribution in [1.82, 2.24) is 30.0 Å². The zero-order valence-corrected chi connectivity index (χ0v) is 36.2. The number of nitrogens with zero attached hydrogens (tertiary/aromatic N) is 6. The number of carbonyl (C=O) groups excluding carboxylic acids is 1. The van der Waals surface area contributed by atoms with Crippen molar-refractivity contribution in [2.24, 2.45) is 5.73 Å². The van der Waals surface area contributed by atoms with Crippen LogP contribution in [0.25, 0.3) is 55.7 Å². The predicted octanol–water partition coefficient (Wildman–Crippen LogP) is 10.6. The minimum Gasteiger partial charge on any atom is -0.491 e. The number of rotatable bonds is 13. The van der Waals surface area contributed by atoms with Gasteiger partial charge in [0.25, 0.3) is 0 Å². The van der Waals surface area contributed by atoms with E-state index in [0.717, 1.165) is 67.6 Å². The van der Waals surface area contributed by atoms with E-state index in [1.165, 1.54) is 0 Å². The van der Waals surface area contributed by atoms with Gasteiger partial charge in [0.05, 0.1) is 46.8 Å². The van der Waals surface area contributed by atoms with Crippen molar-refractivity contribution in [3.05, 3.63) is 127 Å². The molecule has 0 fully saturated rings. The molecule has 0 saturated carbocycles. The standard InChI is InChI=1S/C25H26N4O3.C24H26N4O2.CH4/c1-15(2)31-19-9-5-17(6-10-19)21-14-24-23(13-22(21)25(26)30)27-28-29(24)18-7-11-20(12-8-18)32-16(3)4;1-15(2)29-19-9-5-17(6-10-19)21-13-24-23(14-22(21)25)26-27-28(24)18-7-11-20(12-8-18)30-16(3)4;/h5-16H,1-4H3,(H2,26,30);5-16H,25H2,1-4H3;1H4. The lowest BCUT2D eigenvalue weighted by Gasteiger charge is -2.12. The molecule has 13 heteroatoms. The van der Waals surface area contributed by atoms with E-state index in [-0.39, 0.29) is 31.8 Å². The number of hydrogen-bond donors (Lipinski definition) is 2. The number of nitrogen functional groups attached to an aromatic ring is 1. The van der Waals surface area contributed by atoms with Gasteiger partial charge in [-0.2, -0.15) is 0 Å². The Balaban J connectivity index is 0.000000207. The lowest BCUT2D eigenvalue weighted by atomic mass is 9.98. The number of amides is 1. The first-order chi connectivity index (χ1) is 29.7. The Labute approximate surface area is 368 Å². The Kier molecular flexibility index (Phi) is 14.0. The Hall–Kier alpha value is -7.41. The van der Waals surface area contributed by atoms with Gasteiger partial charge in [-0.25, -0.2) is 9.36 Å². The summed E-state index contributed by atoms with van der Waals surface area (Å²) < 4.78 is 26.5. The van der Waals surface area contributed by atoms with Gasteiger partial charge in [0.15, 0.2) is 0 Å². The monoisotopic (exact) mass is 848 g/mol. The summed E-state index contributed by atoms with van der Waals surface area (Å²) in [6.07, 6.45) is 0.442. The number of anilines is 1.